The molecule has 1 aromatic heterocycles. The van der Waals surface area contributed by atoms with E-state index in [1.54, 1.807) is 0 Å². The number of oxazole rings is 1. The number of halogens is 2. The molecule has 1 aliphatic heterocycles. The first kappa shape index (κ1) is 13.1. The Morgan fingerprint density at radius 2 is 2.05 bits per heavy atom. The summed E-state index contributed by atoms with van der Waals surface area (Å²) < 4.78 is 13.1. The SMILES string of the molecule is O=C(O)c1coc(Nc2c(Cl)cc(Cl)c3c2N=S=N3)n1. The number of rotatable bonds is 3. The zero-order valence-corrected chi connectivity index (χ0v) is 11.8. The maximum atomic E-state index is 10.7. The number of aromatic nitrogens is 1. The molecule has 7 nitrogen and oxygen atoms in total. The van der Waals surface area contributed by atoms with Gasteiger partial charge in [0, 0.05) is 0 Å². The molecular formula is C10H4Cl2N4O3S. The monoisotopic (exact) mass is 330 g/mol. The van der Waals surface area contributed by atoms with Crippen LogP contribution in [0.25, 0.3) is 0 Å². The van der Waals surface area contributed by atoms with Crippen LogP contribution in [-0.2, 0) is 11.4 Å². The summed E-state index contributed by atoms with van der Waals surface area (Å²) in [5, 5.41) is 12.2. The number of carboxylic acids is 1. The first-order chi connectivity index (χ1) is 9.56. The van der Waals surface area contributed by atoms with Crippen LogP contribution >= 0.6 is 23.2 Å². The molecule has 0 bridgehead atoms. The van der Waals surface area contributed by atoms with Crippen molar-refractivity contribution in [3.8, 4) is 0 Å². The summed E-state index contributed by atoms with van der Waals surface area (Å²) >= 11 is 13.1. The van der Waals surface area contributed by atoms with E-state index < -0.39 is 5.97 Å². The molecule has 0 radical (unpaired) electrons. The van der Waals surface area contributed by atoms with E-state index in [9.17, 15) is 4.79 Å². The molecule has 0 atom stereocenters. The Bertz CT molecular complexity index is 798. The predicted octanol–water partition coefficient (Wildman–Crippen LogP) is 4.15. The van der Waals surface area contributed by atoms with Crippen molar-refractivity contribution in [1.82, 2.24) is 4.98 Å². The minimum atomic E-state index is -1.19. The highest BCUT2D eigenvalue weighted by Gasteiger charge is 2.20. The van der Waals surface area contributed by atoms with E-state index in [1.165, 1.54) is 6.07 Å². The van der Waals surface area contributed by atoms with Crippen molar-refractivity contribution in [1.29, 1.82) is 0 Å². The van der Waals surface area contributed by atoms with E-state index in [0.717, 1.165) is 17.6 Å². The number of hydrogen-bond donors (Lipinski definition) is 2. The van der Waals surface area contributed by atoms with Gasteiger partial charge in [0.05, 0.1) is 27.1 Å². The van der Waals surface area contributed by atoms with Crippen molar-refractivity contribution in [2.45, 2.75) is 0 Å². The van der Waals surface area contributed by atoms with Gasteiger partial charge in [-0.3, -0.25) is 0 Å². The van der Waals surface area contributed by atoms with Crippen molar-refractivity contribution in [3.05, 3.63) is 28.1 Å². The van der Waals surface area contributed by atoms with Gasteiger partial charge in [0.1, 0.15) is 17.6 Å². The highest BCUT2D eigenvalue weighted by atomic mass is 35.5. The average molecular weight is 331 g/mol. The molecule has 0 saturated heterocycles. The predicted molar refractivity (Wildman–Crippen MR) is 74.7 cm³/mol. The summed E-state index contributed by atoms with van der Waals surface area (Å²) in [6, 6.07) is 1.50. The Hall–Kier alpha value is -1.90. The number of carbonyl (C=O) groups is 1. The highest BCUT2D eigenvalue weighted by Crippen LogP contribution is 2.48. The van der Waals surface area contributed by atoms with Gasteiger partial charge in [0.15, 0.2) is 5.69 Å². The van der Waals surface area contributed by atoms with Crippen LogP contribution in [0.1, 0.15) is 10.5 Å². The summed E-state index contributed by atoms with van der Waals surface area (Å²) in [6.45, 7) is 0. The minimum absolute atomic E-state index is 0.0130. The fraction of sp³-hybridized carbons (Fsp3) is 0. The van der Waals surface area contributed by atoms with E-state index in [0.29, 0.717) is 27.1 Å². The second-order valence-electron chi connectivity index (χ2n) is 3.64. The molecule has 1 aliphatic rings. The molecule has 2 heterocycles. The van der Waals surface area contributed by atoms with Crippen LogP contribution in [0, 0.1) is 0 Å². The number of nitrogens with zero attached hydrogens (tertiary/aromatic N) is 3. The third-order valence-electron chi connectivity index (χ3n) is 2.40. The molecule has 2 aromatic rings. The number of benzene rings is 1. The van der Waals surface area contributed by atoms with Crippen molar-refractivity contribution in [2.75, 3.05) is 5.32 Å². The Kier molecular flexibility index (Phi) is 3.20. The number of aromatic carboxylic acids is 1. The maximum absolute atomic E-state index is 10.7. The third kappa shape index (κ3) is 2.17. The van der Waals surface area contributed by atoms with Gasteiger partial charge in [0.25, 0.3) is 6.01 Å². The molecule has 3 rings (SSSR count). The topological polar surface area (TPSA) is 100 Å². The summed E-state index contributed by atoms with van der Waals surface area (Å²) in [5.74, 6) is -1.19. The molecule has 0 amide bonds. The van der Waals surface area contributed by atoms with Crippen LogP contribution in [-0.4, -0.2) is 16.1 Å². The van der Waals surface area contributed by atoms with Crippen LogP contribution < -0.4 is 5.32 Å². The number of fused-ring (bicyclic) bond motifs is 1. The van der Waals surface area contributed by atoms with Gasteiger partial charge in [-0.05, 0) is 6.07 Å². The van der Waals surface area contributed by atoms with E-state index in [2.05, 4.69) is 19.0 Å². The number of nitrogens with one attached hydrogen (secondary N) is 1. The van der Waals surface area contributed by atoms with E-state index in [1.807, 2.05) is 0 Å². The third-order valence-corrected chi connectivity index (χ3v) is 3.51. The fourth-order valence-electron chi connectivity index (χ4n) is 1.53. The van der Waals surface area contributed by atoms with Gasteiger partial charge >= 0.3 is 5.97 Å². The van der Waals surface area contributed by atoms with Gasteiger partial charge in [0.2, 0.25) is 0 Å². The lowest BCUT2D eigenvalue weighted by atomic mass is 10.2. The lowest BCUT2D eigenvalue weighted by Crippen LogP contribution is -1.97. The Balaban J connectivity index is 2.01. The average Bonchev–Trinajstić information content (AvgIpc) is 3.03. The van der Waals surface area contributed by atoms with Crippen LogP contribution in [0.2, 0.25) is 10.0 Å². The number of hydrogen-bond acceptors (Lipinski definition) is 6. The standard InChI is InChI=1S/C10H4Cl2N4O3S/c11-3-1-4(12)7-8(16-20-15-7)6(3)14-10-13-5(2-19-10)9(17)18/h1-2H,(H,13,14)(H,17,18). The summed E-state index contributed by atoms with van der Waals surface area (Å²) in [7, 11) is 0. The van der Waals surface area contributed by atoms with E-state index >= 15 is 0 Å². The zero-order valence-electron chi connectivity index (χ0n) is 9.42. The zero-order chi connectivity index (χ0) is 14.3. The van der Waals surface area contributed by atoms with Gasteiger partial charge in [-0.15, -0.1) is 0 Å². The maximum Gasteiger partial charge on any atom is 0.357 e. The molecule has 0 aliphatic carbocycles. The quantitative estimate of drug-likeness (QED) is 0.751. The molecule has 10 heteroatoms. The van der Waals surface area contributed by atoms with Crippen LogP contribution in [0.15, 0.2) is 25.5 Å². The van der Waals surface area contributed by atoms with E-state index in [-0.39, 0.29) is 11.7 Å². The summed E-state index contributed by atoms with van der Waals surface area (Å²) in [5.41, 5.74) is 1.14. The molecule has 2 N–H and O–H groups in total. The highest BCUT2D eigenvalue weighted by molar-refractivity contribution is 7.58. The summed E-state index contributed by atoms with van der Waals surface area (Å²) in [6.07, 6.45) is 1.02. The molecular weight excluding hydrogens is 327 g/mol. The molecule has 0 unspecified atom stereocenters. The van der Waals surface area contributed by atoms with Gasteiger partial charge in [-0.25, -0.2) is 4.79 Å². The molecule has 102 valence electrons. The molecule has 0 saturated carbocycles. The van der Waals surface area contributed by atoms with E-state index in [4.69, 9.17) is 32.7 Å². The van der Waals surface area contributed by atoms with Crippen LogP contribution in [0.4, 0.5) is 23.1 Å². The Morgan fingerprint density at radius 1 is 1.30 bits per heavy atom. The van der Waals surface area contributed by atoms with Crippen molar-refractivity contribution in [2.24, 2.45) is 8.73 Å². The second kappa shape index (κ2) is 4.89. The minimum Gasteiger partial charge on any atom is -0.476 e. The molecule has 0 spiro atoms. The first-order valence-electron chi connectivity index (χ1n) is 5.12. The number of carboxylic acid groups (broad SMARTS) is 1. The fourth-order valence-corrected chi connectivity index (χ4v) is 2.69. The second-order valence-corrected chi connectivity index (χ2v) is 4.99. The molecule has 20 heavy (non-hydrogen) atoms. The lowest BCUT2D eigenvalue weighted by molar-refractivity contribution is 0.0690. The van der Waals surface area contributed by atoms with Gasteiger partial charge < -0.3 is 14.8 Å². The largest absolute Gasteiger partial charge is 0.476 e. The van der Waals surface area contributed by atoms with Crippen LogP contribution in [0.5, 0.6) is 0 Å². The summed E-state index contributed by atoms with van der Waals surface area (Å²) in [4.78, 5) is 14.5. The molecule has 0 fully saturated rings. The Labute approximate surface area is 125 Å². The van der Waals surface area contributed by atoms with Gasteiger partial charge in [-0.2, -0.15) is 13.7 Å². The van der Waals surface area contributed by atoms with Crippen molar-refractivity contribution in [3.63, 3.8) is 0 Å². The Morgan fingerprint density at radius 3 is 2.75 bits per heavy atom. The number of anilines is 2. The van der Waals surface area contributed by atoms with Crippen molar-refractivity contribution < 1.29 is 14.3 Å². The van der Waals surface area contributed by atoms with Gasteiger partial charge in [-0.1, -0.05) is 23.2 Å². The first-order valence-corrected chi connectivity index (χ1v) is 6.61. The van der Waals surface area contributed by atoms with Crippen molar-refractivity contribution >= 4 is 63.6 Å². The lowest BCUT2D eigenvalue weighted by Gasteiger charge is -2.08. The smallest absolute Gasteiger partial charge is 0.357 e. The van der Waals surface area contributed by atoms with Crippen LogP contribution in [0.3, 0.4) is 0 Å². The normalized spacial score (nSPS) is 12.1. The molecule has 1 aromatic carbocycles.